The minimum Gasteiger partial charge on any atom is -0.319 e. The zero-order valence-electron chi connectivity index (χ0n) is 17.9. The molecule has 1 aromatic heterocycles. The summed E-state index contributed by atoms with van der Waals surface area (Å²) in [4.78, 5) is 17.6. The third-order valence-electron chi connectivity index (χ3n) is 5.28. The maximum atomic E-state index is 13.0. The van der Waals surface area contributed by atoms with Crippen LogP contribution in [0, 0.1) is 27.7 Å². The molecule has 0 aliphatic heterocycles. The van der Waals surface area contributed by atoms with Gasteiger partial charge >= 0.3 is 0 Å². The van der Waals surface area contributed by atoms with E-state index in [9.17, 15) is 4.79 Å². The summed E-state index contributed by atoms with van der Waals surface area (Å²) in [5.41, 5.74) is 6.84. The molecule has 4 aromatic rings. The number of aryl methyl sites for hydroxylation is 4. The van der Waals surface area contributed by atoms with Crippen LogP contribution in [-0.4, -0.2) is 20.7 Å². The Morgan fingerprint density at radius 1 is 0.871 bits per heavy atom. The van der Waals surface area contributed by atoms with Crippen molar-refractivity contribution in [2.45, 2.75) is 27.7 Å². The van der Waals surface area contributed by atoms with Gasteiger partial charge in [-0.2, -0.15) is 0 Å². The molecule has 0 saturated carbocycles. The highest BCUT2D eigenvalue weighted by Crippen LogP contribution is 2.25. The fourth-order valence-electron chi connectivity index (χ4n) is 3.36. The van der Waals surface area contributed by atoms with E-state index < -0.39 is 0 Å². The lowest BCUT2D eigenvalue weighted by Crippen LogP contribution is -2.15. The van der Waals surface area contributed by atoms with E-state index in [-0.39, 0.29) is 11.7 Å². The Labute approximate surface area is 186 Å². The van der Waals surface area contributed by atoms with Gasteiger partial charge in [-0.05, 0) is 86.8 Å². The Kier molecular flexibility index (Phi) is 5.61. The molecule has 0 atom stereocenters. The van der Waals surface area contributed by atoms with E-state index in [0.717, 1.165) is 33.6 Å². The van der Waals surface area contributed by atoms with E-state index in [1.54, 1.807) is 16.8 Å². The standard InChI is InChI=1S/C25H23ClN4O/c1-15-5-12-22(18(4)13-15)27-25(31)23-28-24(19-7-9-20(26)10-8-19)30(29-23)21-11-6-16(2)17(3)14-21/h5-14H,1-4H3,(H,27,31). The Morgan fingerprint density at radius 3 is 2.29 bits per heavy atom. The fraction of sp³-hybridized carbons (Fsp3) is 0.160. The van der Waals surface area contributed by atoms with Crippen molar-refractivity contribution in [3.05, 3.63) is 93.8 Å². The van der Waals surface area contributed by atoms with Crippen LogP contribution in [0.4, 0.5) is 5.69 Å². The first-order chi connectivity index (χ1) is 14.8. The van der Waals surface area contributed by atoms with Crippen molar-refractivity contribution < 1.29 is 4.79 Å². The Bertz CT molecular complexity index is 1280. The van der Waals surface area contributed by atoms with Crippen molar-refractivity contribution in [3.8, 4) is 17.1 Å². The van der Waals surface area contributed by atoms with Crippen LogP contribution in [0.3, 0.4) is 0 Å². The first-order valence-corrected chi connectivity index (χ1v) is 10.4. The summed E-state index contributed by atoms with van der Waals surface area (Å²) < 4.78 is 1.70. The zero-order chi connectivity index (χ0) is 22.1. The van der Waals surface area contributed by atoms with Crippen LogP contribution in [0.25, 0.3) is 17.1 Å². The predicted octanol–water partition coefficient (Wildman–Crippen LogP) is 6.07. The Hall–Kier alpha value is -3.44. The van der Waals surface area contributed by atoms with Gasteiger partial charge in [-0.3, -0.25) is 4.79 Å². The van der Waals surface area contributed by atoms with Gasteiger partial charge in [0.05, 0.1) is 5.69 Å². The highest BCUT2D eigenvalue weighted by molar-refractivity contribution is 6.30. The second-order valence-electron chi connectivity index (χ2n) is 7.72. The molecule has 0 bridgehead atoms. The molecule has 0 spiro atoms. The van der Waals surface area contributed by atoms with Crippen molar-refractivity contribution in [1.29, 1.82) is 0 Å². The molecule has 0 saturated heterocycles. The fourth-order valence-corrected chi connectivity index (χ4v) is 3.49. The molecular formula is C25H23ClN4O. The number of carbonyl (C=O) groups is 1. The minimum atomic E-state index is -0.357. The Morgan fingerprint density at radius 2 is 1.61 bits per heavy atom. The second kappa shape index (κ2) is 8.36. The molecule has 6 heteroatoms. The van der Waals surface area contributed by atoms with Crippen LogP contribution in [0.1, 0.15) is 32.9 Å². The first kappa shape index (κ1) is 20.8. The van der Waals surface area contributed by atoms with E-state index in [2.05, 4.69) is 22.3 Å². The molecule has 1 N–H and O–H groups in total. The number of hydrogen-bond donors (Lipinski definition) is 1. The van der Waals surface area contributed by atoms with E-state index in [1.807, 2.05) is 69.3 Å². The third-order valence-corrected chi connectivity index (χ3v) is 5.53. The highest BCUT2D eigenvalue weighted by Gasteiger charge is 2.20. The first-order valence-electron chi connectivity index (χ1n) is 10.0. The van der Waals surface area contributed by atoms with E-state index >= 15 is 0 Å². The highest BCUT2D eigenvalue weighted by atomic mass is 35.5. The summed E-state index contributed by atoms with van der Waals surface area (Å²) >= 11 is 6.06. The summed E-state index contributed by atoms with van der Waals surface area (Å²) in [6.45, 7) is 8.08. The number of aromatic nitrogens is 3. The van der Waals surface area contributed by atoms with Gasteiger partial charge in [0.1, 0.15) is 0 Å². The van der Waals surface area contributed by atoms with Crippen LogP contribution in [0.15, 0.2) is 60.7 Å². The minimum absolute atomic E-state index is 0.100. The zero-order valence-corrected chi connectivity index (χ0v) is 18.7. The Balaban J connectivity index is 1.77. The molecule has 1 amide bonds. The smallest absolute Gasteiger partial charge is 0.295 e. The number of nitrogens with one attached hydrogen (secondary N) is 1. The van der Waals surface area contributed by atoms with Crippen LogP contribution in [-0.2, 0) is 0 Å². The number of nitrogens with zero attached hydrogens (tertiary/aromatic N) is 3. The summed E-state index contributed by atoms with van der Waals surface area (Å²) in [5.74, 6) is 0.318. The predicted molar refractivity (Wildman–Crippen MR) is 125 cm³/mol. The van der Waals surface area contributed by atoms with E-state index in [4.69, 9.17) is 11.6 Å². The van der Waals surface area contributed by atoms with Crippen LogP contribution in [0.2, 0.25) is 5.02 Å². The van der Waals surface area contributed by atoms with E-state index in [1.165, 1.54) is 5.56 Å². The van der Waals surface area contributed by atoms with Gasteiger partial charge in [-0.15, -0.1) is 5.10 Å². The van der Waals surface area contributed by atoms with Crippen molar-refractivity contribution in [3.63, 3.8) is 0 Å². The monoisotopic (exact) mass is 430 g/mol. The molecule has 5 nitrogen and oxygen atoms in total. The van der Waals surface area contributed by atoms with Crippen molar-refractivity contribution in [2.75, 3.05) is 5.32 Å². The van der Waals surface area contributed by atoms with Crippen LogP contribution in [0.5, 0.6) is 0 Å². The number of hydrogen-bond acceptors (Lipinski definition) is 3. The lowest BCUT2D eigenvalue weighted by atomic mass is 10.1. The maximum absolute atomic E-state index is 13.0. The average Bonchev–Trinajstić information content (AvgIpc) is 3.18. The molecule has 156 valence electrons. The summed E-state index contributed by atoms with van der Waals surface area (Å²) in [5, 5.41) is 8.12. The topological polar surface area (TPSA) is 59.8 Å². The number of carbonyl (C=O) groups excluding carboxylic acids is 1. The van der Waals surface area contributed by atoms with Gasteiger partial charge in [0.2, 0.25) is 5.82 Å². The molecule has 0 radical (unpaired) electrons. The second-order valence-corrected chi connectivity index (χ2v) is 8.16. The van der Waals surface area contributed by atoms with Gasteiger partial charge in [0.25, 0.3) is 5.91 Å². The molecule has 3 aromatic carbocycles. The maximum Gasteiger partial charge on any atom is 0.295 e. The molecule has 0 aliphatic carbocycles. The molecule has 4 rings (SSSR count). The van der Waals surface area contributed by atoms with Gasteiger partial charge in [-0.25, -0.2) is 9.67 Å². The molecular weight excluding hydrogens is 408 g/mol. The summed E-state index contributed by atoms with van der Waals surface area (Å²) in [6, 6.07) is 19.3. The van der Waals surface area contributed by atoms with Gasteiger partial charge in [-0.1, -0.05) is 35.4 Å². The molecule has 1 heterocycles. The normalized spacial score (nSPS) is 10.9. The van der Waals surface area contributed by atoms with Gasteiger partial charge < -0.3 is 5.32 Å². The van der Waals surface area contributed by atoms with Gasteiger partial charge in [0, 0.05) is 16.3 Å². The number of amides is 1. The molecule has 0 unspecified atom stereocenters. The molecule has 0 aliphatic rings. The lowest BCUT2D eigenvalue weighted by molar-refractivity contribution is 0.101. The summed E-state index contributed by atoms with van der Waals surface area (Å²) in [6.07, 6.45) is 0. The van der Waals surface area contributed by atoms with E-state index in [0.29, 0.717) is 10.8 Å². The lowest BCUT2D eigenvalue weighted by Gasteiger charge is -2.08. The molecule has 0 fully saturated rings. The molecule has 31 heavy (non-hydrogen) atoms. The van der Waals surface area contributed by atoms with Crippen molar-refractivity contribution in [1.82, 2.24) is 14.8 Å². The average molecular weight is 431 g/mol. The number of benzene rings is 3. The van der Waals surface area contributed by atoms with Gasteiger partial charge in [0.15, 0.2) is 5.82 Å². The largest absolute Gasteiger partial charge is 0.319 e. The third kappa shape index (κ3) is 4.37. The number of halogens is 1. The number of anilines is 1. The SMILES string of the molecule is Cc1ccc(NC(=O)c2nc(-c3ccc(Cl)cc3)n(-c3ccc(C)c(C)c3)n2)c(C)c1. The number of rotatable bonds is 4. The van der Waals surface area contributed by atoms with Crippen LogP contribution < -0.4 is 5.32 Å². The van der Waals surface area contributed by atoms with Crippen LogP contribution >= 0.6 is 11.6 Å². The van der Waals surface area contributed by atoms with Crippen molar-refractivity contribution in [2.24, 2.45) is 0 Å². The quantitative estimate of drug-likeness (QED) is 0.427. The summed E-state index contributed by atoms with van der Waals surface area (Å²) in [7, 11) is 0. The van der Waals surface area contributed by atoms with Crippen molar-refractivity contribution >= 4 is 23.2 Å².